The van der Waals surface area contributed by atoms with Gasteiger partial charge >= 0.3 is 5.97 Å². The summed E-state index contributed by atoms with van der Waals surface area (Å²) >= 11 is 0. The number of carboxylic acids is 1. The molecule has 2 N–H and O–H groups in total. The van der Waals surface area contributed by atoms with Crippen LogP contribution in [0.3, 0.4) is 0 Å². The van der Waals surface area contributed by atoms with E-state index in [1.807, 2.05) is 28.1 Å². The summed E-state index contributed by atoms with van der Waals surface area (Å²) < 4.78 is 0.297. The maximum atomic E-state index is 12.1. The largest absolute Gasteiger partial charge is 0.477 e. The number of carbonyl (C=O) groups excluding carboxylic acids is 1. The zero-order valence-electron chi connectivity index (χ0n) is 16.4. The van der Waals surface area contributed by atoms with Crippen LogP contribution in [0.15, 0.2) is 0 Å². The van der Waals surface area contributed by atoms with Crippen molar-refractivity contribution in [2.75, 3.05) is 21.1 Å². The van der Waals surface area contributed by atoms with Crippen molar-refractivity contribution < 1.29 is 19.2 Å². The molecular formula is C19H39N2O3+. The van der Waals surface area contributed by atoms with Gasteiger partial charge in [0.1, 0.15) is 0 Å². The van der Waals surface area contributed by atoms with E-state index < -0.39 is 12.0 Å². The van der Waals surface area contributed by atoms with Gasteiger partial charge in [0.2, 0.25) is 11.9 Å². The lowest BCUT2D eigenvalue weighted by Crippen LogP contribution is -2.60. The lowest BCUT2D eigenvalue weighted by molar-refractivity contribution is -0.888. The highest BCUT2D eigenvalue weighted by Crippen LogP contribution is 2.13. The number of hydrogen-bond acceptors (Lipinski definition) is 2. The molecule has 0 rings (SSSR count). The van der Waals surface area contributed by atoms with Gasteiger partial charge in [-0.1, -0.05) is 58.8 Å². The second-order valence-electron chi connectivity index (χ2n) is 7.71. The first-order valence-corrected chi connectivity index (χ1v) is 9.57. The van der Waals surface area contributed by atoms with Crippen molar-refractivity contribution in [1.82, 2.24) is 5.32 Å². The van der Waals surface area contributed by atoms with Crippen molar-refractivity contribution in [3.05, 3.63) is 0 Å². The smallest absolute Gasteiger partial charge is 0.364 e. The van der Waals surface area contributed by atoms with E-state index in [-0.39, 0.29) is 11.9 Å². The summed E-state index contributed by atoms with van der Waals surface area (Å²) in [6, 6.07) is -0.957. The van der Waals surface area contributed by atoms with E-state index in [4.69, 9.17) is 0 Å². The Morgan fingerprint density at radius 1 is 0.917 bits per heavy atom. The number of quaternary nitrogens is 1. The molecule has 0 aliphatic rings. The molecule has 0 radical (unpaired) electrons. The number of likely N-dealkylation sites (N-methyl/N-ethyl adjacent to an activating group) is 1. The van der Waals surface area contributed by atoms with Crippen molar-refractivity contribution in [2.24, 2.45) is 0 Å². The maximum absolute atomic E-state index is 12.1. The molecular weight excluding hydrogens is 304 g/mol. The first-order valence-electron chi connectivity index (χ1n) is 9.57. The molecule has 0 aromatic carbocycles. The highest BCUT2D eigenvalue weighted by Gasteiger charge is 2.39. The Labute approximate surface area is 148 Å². The number of carbonyl (C=O) groups is 2. The first kappa shape index (κ1) is 22.9. The summed E-state index contributed by atoms with van der Waals surface area (Å²) in [5.41, 5.74) is 0. The predicted octanol–water partition coefficient (Wildman–Crippen LogP) is 3.57. The topological polar surface area (TPSA) is 66.4 Å². The van der Waals surface area contributed by atoms with Crippen molar-refractivity contribution in [1.29, 1.82) is 0 Å². The van der Waals surface area contributed by atoms with Crippen LogP contribution in [-0.2, 0) is 9.59 Å². The molecule has 0 fully saturated rings. The molecule has 0 aliphatic heterocycles. The van der Waals surface area contributed by atoms with Crippen molar-refractivity contribution >= 4 is 11.9 Å². The second kappa shape index (κ2) is 12.3. The van der Waals surface area contributed by atoms with Gasteiger partial charge in [-0.2, -0.15) is 0 Å². The van der Waals surface area contributed by atoms with Crippen LogP contribution in [0.5, 0.6) is 0 Å². The number of nitrogens with one attached hydrogen (secondary N) is 1. The summed E-state index contributed by atoms with van der Waals surface area (Å²) in [6.07, 6.45) is 10.7. The third-order valence-corrected chi connectivity index (χ3v) is 4.51. The Morgan fingerprint density at radius 3 is 1.83 bits per heavy atom. The molecule has 5 heteroatoms. The van der Waals surface area contributed by atoms with Crippen LogP contribution in [-0.4, -0.2) is 54.7 Å². The van der Waals surface area contributed by atoms with Crippen LogP contribution in [0.2, 0.25) is 0 Å². The minimum absolute atomic E-state index is 0.0208. The fourth-order valence-electron chi connectivity index (χ4n) is 3.15. The van der Waals surface area contributed by atoms with E-state index in [1.165, 1.54) is 38.5 Å². The molecule has 142 valence electrons. The summed E-state index contributed by atoms with van der Waals surface area (Å²) in [5.74, 6) is -0.880. The van der Waals surface area contributed by atoms with E-state index in [9.17, 15) is 14.7 Å². The number of unbranched alkanes of at least 4 members (excludes halogenated alkanes) is 7. The lowest BCUT2D eigenvalue weighted by Gasteiger charge is -2.36. The molecule has 2 atom stereocenters. The molecule has 24 heavy (non-hydrogen) atoms. The van der Waals surface area contributed by atoms with E-state index in [0.717, 1.165) is 12.8 Å². The van der Waals surface area contributed by atoms with Crippen LogP contribution in [0.1, 0.15) is 78.1 Å². The Balaban J connectivity index is 4.12. The summed E-state index contributed by atoms with van der Waals surface area (Å²) in [4.78, 5) is 23.7. The third kappa shape index (κ3) is 9.91. The normalized spacial score (nSPS) is 14.2. The number of hydrogen-bond donors (Lipinski definition) is 2. The monoisotopic (exact) mass is 343 g/mol. The van der Waals surface area contributed by atoms with Crippen LogP contribution >= 0.6 is 0 Å². The van der Waals surface area contributed by atoms with Gasteiger partial charge in [0.05, 0.1) is 27.2 Å². The van der Waals surface area contributed by atoms with Crippen molar-refractivity contribution in [3.8, 4) is 0 Å². The number of nitrogens with zero attached hydrogens (tertiary/aromatic N) is 1. The fraction of sp³-hybridized carbons (Fsp3) is 0.895. The Morgan fingerprint density at radius 2 is 1.42 bits per heavy atom. The zero-order chi connectivity index (χ0) is 18.6. The Hall–Kier alpha value is -1.10. The number of amides is 1. The number of aliphatic carboxylic acids is 1. The lowest BCUT2D eigenvalue weighted by atomic mass is 10.0. The predicted molar refractivity (Wildman–Crippen MR) is 98.9 cm³/mol. The van der Waals surface area contributed by atoms with E-state index in [1.54, 1.807) is 0 Å². The maximum Gasteiger partial charge on any atom is 0.364 e. The summed E-state index contributed by atoms with van der Waals surface area (Å²) in [6.45, 7) is 4.14. The molecule has 0 saturated heterocycles. The molecule has 0 spiro atoms. The SMILES string of the molecule is CCCCCCCCCCC(=O)NC(CC)C(C(=O)O)[N+](C)(C)C. The van der Waals surface area contributed by atoms with Crippen LogP contribution in [0.4, 0.5) is 0 Å². The first-order chi connectivity index (χ1) is 11.2. The summed E-state index contributed by atoms with van der Waals surface area (Å²) in [7, 11) is 5.56. The Bertz CT molecular complexity index is 364. The molecule has 0 heterocycles. The average Bonchev–Trinajstić information content (AvgIpc) is 2.47. The van der Waals surface area contributed by atoms with Gasteiger partial charge < -0.3 is 14.9 Å². The van der Waals surface area contributed by atoms with Crippen LogP contribution in [0, 0.1) is 0 Å². The fourth-order valence-corrected chi connectivity index (χ4v) is 3.15. The van der Waals surface area contributed by atoms with E-state index in [2.05, 4.69) is 12.2 Å². The average molecular weight is 344 g/mol. The van der Waals surface area contributed by atoms with Gasteiger partial charge in [0.25, 0.3) is 0 Å². The highest BCUT2D eigenvalue weighted by atomic mass is 16.4. The quantitative estimate of drug-likeness (QED) is 0.374. The number of carboxylic acid groups (broad SMARTS) is 1. The molecule has 2 unspecified atom stereocenters. The number of rotatable bonds is 14. The molecule has 0 saturated carbocycles. The van der Waals surface area contributed by atoms with Gasteiger partial charge in [-0.15, -0.1) is 0 Å². The molecule has 0 bridgehead atoms. The van der Waals surface area contributed by atoms with Gasteiger partial charge in [-0.05, 0) is 12.8 Å². The van der Waals surface area contributed by atoms with Gasteiger partial charge in [0.15, 0.2) is 0 Å². The van der Waals surface area contributed by atoms with E-state index in [0.29, 0.717) is 17.3 Å². The van der Waals surface area contributed by atoms with Gasteiger partial charge in [0, 0.05) is 6.42 Å². The molecule has 0 aromatic heterocycles. The van der Waals surface area contributed by atoms with Crippen molar-refractivity contribution in [2.45, 2.75) is 90.1 Å². The molecule has 5 nitrogen and oxygen atoms in total. The van der Waals surface area contributed by atoms with Crippen LogP contribution in [0.25, 0.3) is 0 Å². The minimum Gasteiger partial charge on any atom is -0.477 e. The second-order valence-corrected chi connectivity index (χ2v) is 7.71. The highest BCUT2D eigenvalue weighted by molar-refractivity contribution is 5.78. The zero-order valence-corrected chi connectivity index (χ0v) is 16.4. The molecule has 0 aliphatic carbocycles. The molecule has 1 amide bonds. The van der Waals surface area contributed by atoms with Crippen LogP contribution < -0.4 is 5.32 Å². The van der Waals surface area contributed by atoms with Gasteiger partial charge in [-0.3, -0.25) is 4.79 Å². The summed E-state index contributed by atoms with van der Waals surface area (Å²) in [5, 5.41) is 12.4. The van der Waals surface area contributed by atoms with Gasteiger partial charge in [-0.25, -0.2) is 4.79 Å². The van der Waals surface area contributed by atoms with Crippen molar-refractivity contribution in [3.63, 3.8) is 0 Å². The third-order valence-electron chi connectivity index (χ3n) is 4.51. The van der Waals surface area contributed by atoms with E-state index >= 15 is 0 Å². The molecule has 0 aromatic rings. The standard InChI is InChI=1S/C19H38N2O3/c1-6-8-9-10-11-12-13-14-15-17(22)20-16(7-2)18(19(23)24)21(3,4)5/h16,18H,6-15H2,1-5H3,(H-,20,22,23,24)/p+1. The minimum atomic E-state index is -0.860. The Kier molecular flexibility index (Phi) is 11.7.